The van der Waals surface area contributed by atoms with Crippen molar-refractivity contribution in [3.63, 3.8) is 0 Å². The Balaban J connectivity index is 2.05. The van der Waals surface area contributed by atoms with E-state index in [1.807, 2.05) is 18.2 Å². The third kappa shape index (κ3) is 2.46. The molecule has 0 radical (unpaired) electrons. The molecular weight excluding hydrogens is 262 g/mol. The van der Waals surface area contributed by atoms with Crippen molar-refractivity contribution < 1.29 is 4.74 Å². The lowest BCUT2D eigenvalue weighted by molar-refractivity contribution is 0.339. The van der Waals surface area contributed by atoms with E-state index in [4.69, 9.17) is 14.7 Å². The molecule has 0 saturated heterocycles. The molecule has 21 heavy (non-hydrogen) atoms. The van der Waals surface area contributed by atoms with Crippen LogP contribution in [0.1, 0.15) is 42.4 Å². The molecule has 1 aromatic carbocycles. The molecular formula is C17H21N3O. The fraction of sp³-hybridized carbons (Fsp3) is 0.412. The highest BCUT2D eigenvalue weighted by Gasteiger charge is 2.28. The van der Waals surface area contributed by atoms with Crippen molar-refractivity contribution in [1.29, 1.82) is 0 Å². The van der Waals surface area contributed by atoms with Crippen LogP contribution in [0.5, 0.6) is 5.75 Å². The number of rotatable bonds is 4. The van der Waals surface area contributed by atoms with E-state index < -0.39 is 0 Å². The Bertz CT molecular complexity index is 654. The van der Waals surface area contributed by atoms with Gasteiger partial charge < -0.3 is 10.1 Å². The Morgan fingerprint density at radius 1 is 1.24 bits per heavy atom. The minimum Gasteiger partial charge on any atom is -0.492 e. The minimum absolute atomic E-state index is 0.129. The van der Waals surface area contributed by atoms with E-state index in [1.165, 1.54) is 5.56 Å². The largest absolute Gasteiger partial charge is 0.492 e. The molecule has 1 aliphatic heterocycles. The maximum atomic E-state index is 5.77. The summed E-state index contributed by atoms with van der Waals surface area (Å²) in [5.41, 5.74) is 3.45. The Kier molecular flexibility index (Phi) is 3.78. The van der Waals surface area contributed by atoms with E-state index in [-0.39, 0.29) is 5.92 Å². The number of aromatic nitrogens is 2. The number of ether oxygens (including phenoxy) is 1. The summed E-state index contributed by atoms with van der Waals surface area (Å²) in [4.78, 5) is 9.53. The summed E-state index contributed by atoms with van der Waals surface area (Å²) in [5, 5.41) is 3.35. The lowest BCUT2D eigenvalue weighted by Gasteiger charge is -2.15. The minimum atomic E-state index is 0.129. The van der Waals surface area contributed by atoms with Gasteiger partial charge in [0.05, 0.1) is 5.92 Å². The maximum absolute atomic E-state index is 5.77. The second-order valence-corrected chi connectivity index (χ2v) is 5.29. The number of anilines is 1. The first-order valence-corrected chi connectivity index (χ1v) is 7.57. The van der Waals surface area contributed by atoms with Gasteiger partial charge >= 0.3 is 0 Å². The lowest BCUT2D eigenvalue weighted by Crippen LogP contribution is -2.14. The molecule has 1 aromatic heterocycles. The van der Waals surface area contributed by atoms with E-state index in [2.05, 4.69) is 32.2 Å². The highest BCUT2D eigenvalue weighted by Crippen LogP contribution is 2.37. The zero-order chi connectivity index (χ0) is 14.8. The summed E-state index contributed by atoms with van der Waals surface area (Å²) in [7, 11) is 0. The molecule has 1 N–H and O–H groups in total. The molecule has 2 aromatic rings. The van der Waals surface area contributed by atoms with Crippen LogP contribution in [-0.4, -0.2) is 23.1 Å². The summed E-state index contributed by atoms with van der Waals surface area (Å²) in [6.45, 7) is 7.78. The predicted octanol–water partition coefficient (Wildman–Crippen LogP) is 3.30. The molecule has 4 nitrogen and oxygen atoms in total. The Morgan fingerprint density at radius 3 is 2.81 bits per heavy atom. The fourth-order valence-electron chi connectivity index (χ4n) is 2.80. The zero-order valence-electron chi connectivity index (χ0n) is 12.8. The molecule has 0 bridgehead atoms. The molecule has 1 unspecified atom stereocenters. The van der Waals surface area contributed by atoms with Crippen molar-refractivity contribution in [3.05, 3.63) is 46.9 Å². The van der Waals surface area contributed by atoms with Gasteiger partial charge in [-0.1, -0.05) is 25.1 Å². The summed E-state index contributed by atoms with van der Waals surface area (Å²) in [6.07, 6.45) is 0.912. The van der Waals surface area contributed by atoms with Crippen LogP contribution in [0.3, 0.4) is 0 Å². The normalized spacial score (nSPS) is 16.4. The van der Waals surface area contributed by atoms with Crippen LogP contribution in [0, 0.1) is 6.92 Å². The van der Waals surface area contributed by atoms with Crippen LogP contribution in [0.2, 0.25) is 0 Å². The third-order valence-electron chi connectivity index (χ3n) is 3.95. The summed E-state index contributed by atoms with van der Waals surface area (Å²) in [6, 6.07) is 8.16. The molecule has 0 aliphatic carbocycles. The molecule has 0 amide bonds. The van der Waals surface area contributed by atoms with Gasteiger partial charge in [-0.3, -0.25) is 0 Å². The Hall–Kier alpha value is -2.10. The van der Waals surface area contributed by atoms with Gasteiger partial charge in [0.15, 0.2) is 0 Å². The van der Waals surface area contributed by atoms with Gasteiger partial charge in [-0.15, -0.1) is 0 Å². The average molecular weight is 283 g/mol. The second kappa shape index (κ2) is 5.72. The van der Waals surface area contributed by atoms with E-state index in [9.17, 15) is 0 Å². The Labute approximate surface area is 125 Å². The number of aryl methyl sites for hydroxylation is 1. The molecule has 110 valence electrons. The van der Waals surface area contributed by atoms with Gasteiger partial charge in [-0.05, 0) is 26.3 Å². The number of hydrogen-bond acceptors (Lipinski definition) is 4. The number of fused-ring (bicyclic) bond motifs is 1. The van der Waals surface area contributed by atoms with Crippen LogP contribution >= 0.6 is 0 Å². The molecule has 3 rings (SSSR count). The van der Waals surface area contributed by atoms with Crippen LogP contribution in [-0.2, 0) is 6.42 Å². The molecule has 0 spiro atoms. The third-order valence-corrected chi connectivity index (χ3v) is 3.95. The highest BCUT2D eigenvalue weighted by molar-refractivity contribution is 5.49. The van der Waals surface area contributed by atoms with Gasteiger partial charge in [0.2, 0.25) is 0 Å². The number of benzene rings is 1. The van der Waals surface area contributed by atoms with E-state index in [0.717, 1.165) is 41.6 Å². The van der Waals surface area contributed by atoms with E-state index in [0.29, 0.717) is 6.61 Å². The topological polar surface area (TPSA) is 47.0 Å². The van der Waals surface area contributed by atoms with Crippen LogP contribution < -0.4 is 10.1 Å². The van der Waals surface area contributed by atoms with Crippen molar-refractivity contribution in [1.82, 2.24) is 9.97 Å². The number of hydrogen-bond donors (Lipinski definition) is 1. The number of nitrogens with one attached hydrogen (secondary N) is 1. The quantitative estimate of drug-likeness (QED) is 0.935. The fourth-order valence-corrected chi connectivity index (χ4v) is 2.80. The van der Waals surface area contributed by atoms with Crippen LogP contribution in [0.4, 0.5) is 5.82 Å². The van der Waals surface area contributed by atoms with Crippen molar-refractivity contribution in [3.8, 4) is 5.75 Å². The number of nitrogens with zero attached hydrogens (tertiary/aromatic N) is 2. The van der Waals surface area contributed by atoms with Crippen LogP contribution in [0.25, 0.3) is 0 Å². The first kappa shape index (κ1) is 13.9. The Morgan fingerprint density at radius 2 is 2.05 bits per heavy atom. The SMILES string of the molecule is CCNc1nc(C2COc3ccccc32)nc(CC)c1C. The van der Waals surface area contributed by atoms with Crippen LogP contribution in [0.15, 0.2) is 24.3 Å². The monoisotopic (exact) mass is 283 g/mol. The van der Waals surface area contributed by atoms with Gasteiger partial charge in [-0.25, -0.2) is 9.97 Å². The van der Waals surface area contributed by atoms with E-state index in [1.54, 1.807) is 0 Å². The number of para-hydroxylation sites is 1. The van der Waals surface area contributed by atoms with Gasteiger partial charge in [0, 0.05) is 23.4 Å². The predicted molar refractivity (Wildman–Crippen MR) is 84.1 cm³/mol. The van der Waals surface area contributed by atoms with Gasteiger partial charge in [-0.2, -0.15) is 0 Å². The highest BCUT2D eigenvalue weighted by atomic mass is 16.5. The standard InChI is InChI=1S/C17H21N3O/c1-4-14-11(3)16(18-5-2)20-17(19-14)13-10-21-15-9-7-6-8-12(13)15/h6-9,13H,4-5,10H2,1-3H3,(H,18,19,20). The van der Waals surface area contributed by atoms with Gasteiger partial charge in [0.1, 0.15) is 24.0 Å². The lowest BCUT2D eigenvalue weighted by atomic mass is 10.00. The smallest absolute Gasteiger partial charge is 0.142 e. The second-order valence-electron chi connectivity index (χ2n) is 5.29. The zero-order valence-corrected chi connectivity index (χ0v) is 12.8. The molecule has 0 saturated carbocycles. The molecule has 4 heteroatoms. The van der Waals surface area contributed by atoms with Crippen molar-refractivity contribution in [2.45, 2.75) is 33.1 Å². The summed E-state index contributed by atoms with van der Waals surface area (Å²) in [5.74, 6) is 2.89. The molecule has 2 heterocycles. The van der Waals surface area contributed by atoms with Gasteiger partial charge in [0.25, 0.3) is 0 Å². The van der Waals surface area contributed by atoms with Crippen molar-refractivity contribution in [2.75, 3.05) is 18.5 Å². The van der Waals surface area contributed by atoms with Crippen molar-refractivity contribution in [2.24, 2.45) is 0 Å². The van der Waals surface area contributed by atoms with Crippen molar-refractivity contribution >= 4 is 5.82 Å². The maximum Gasteiger partial charge on any atom is 0.142 e. The summed E-state index contributed by atoms with van der Waals surface area (Å²) >= 11 is 0. The first-order chi connectivity index (χ1) is 10.2. The van der Waals surface area contributed by atoms with E-state index >= 15 is 0 Å². The first-order valence-electron chi connectivity index (χ1n) is 7.57. The summed E-state index contributed by atoms with van der Waals surface area (Å²) < 4.78 is 5.77. The average Bonchev–Trinajstić information content (AvgIpc) is 2.93. The molecule has 1 aliphatic rings. The molecule has 1 atom stereocenters. The molecule has 0 fully saturated rings.